The van der Waals surface area contributed by atoms with Gasteiger partial charge in [-0.25, -0.2) is 4.98 Å². The van der Waals surface area contributed by atoms with Crippen LogP contribution in [0.3, 0.4) is 0 Å². The molecule has 144 valence electrons. The number of benzene rings is 1. The van der Waals surface area contributed by atoms with E-state index in [1.807, 2.05) is 30.5 Å². The molecule has 1 aromatic heterocycles. The number of nitrogens with zero attached hydrogens (tertiary/aromatic N) is 1. The summed E-state index contributed by atoms with van der Waals surface area (Å²) in [5, 5.41) is 8.55. The number of amides is 2. The standard InChI is InChI=1S/C20H26N4O2S/c1-20(21)10-6-5-9-16(20)19(26)22-11-15-13-27-17(24-15)12-23-18(25)14-7-3-2-4-8-14/h2-4,7-8,13,16H,5-6,9-12,21H2,1H3,(H,22,26)(H,23,25). The topological polar surface area (TPSA) is 97.1 Å². The molecule has 2 atom stereocenters. The Morgan fingerprint density at radius 3 is 2.74 bits per heavy atom. The average molecular weight is 387 g/mol. The van der Waals surface area contributed by atoms with E-state index in [-0.39, 0.29) is 17.7 Å². The zero-order valence-electron chi connectivity index (χ0n) is 15.5. The van der Waals surface area contributed by atoms with Crippen LogP contribution in [0, 0.1) is 5.92 Å². The summed E-state index contributed by atoms with van der Waals surface area (Å²) in [7, 11) is 0. The van der Waals surface area contributed by atoms with Gasteiger partial charge in [0.25, 0.3) is 5.91 Å². The first-order valence-electron chi connectivity index (χ1n) is 9.29. The number of nitrogens with two attached hydrogens (primary N) is 1. The van der Waals surface area contributed by atoms with Gasteiger partial charge in [-0.3, -0.25) is 9.59 Å². The van der Waals surface area contributed by atoms with Gasteiger partial charge in [0.1, 0.15) is 5.01 Å². The molecule has 1 aliphatic rings. The fourth-order valence-electron chi connectivity index (χ4n) is 3.45. The predicted octanol–water partition coefficient (Wildman–Crippen LogP) is 2.60. The Bertz CT molecular complexity index is 788. The number of hydrogen-bond donors (Lipinski definition) is 3. The summed E-state index contributed by atoms with van der Waals surface area (Å²) in [5.41, 5.74) is 7.29. The first-order valence-corrected chi connectivity index (χ1v) is 10.2. The summed E-state index contributed by atoms with van der Waals surface area (Å²) < 4.78 is 0. The van der Waals surface area contributed by atoms with Crippen molar-refractivity contribution < 1.29 is 9.59 Å². The Labute approximate surface area is 163 Å². The molecule has 0 radical (unpaired) electrons. The van der Waals surface area contributed by atoms with Crippen molar-refractivity contribution in [3.63, 3.8) is 0 Å². The lowest BCUT2D eigenvalue weighted by Gasteiger charge is -2.37. The quantitative estimate of drug-likeness (QED) is 0.711. The van der Waals surface area contributed by atoms with Crippen LogP contribution in [-0.2, 0) is 17.9 Å². The Kier molecular flexibility index (Phi) is 6.23. The van der Waals surface area contributed by atoms with Crippen molar-refractivity contribution >= 4 is 23.2 Å². The number of carbonyl (C=O) groups excluding carboxylic acids is 2. The SMILES string of the molecule is CC1(N)CCCCC1C(=O)NCc1csc(CNC(=O)c2ccccc2)n1. The van der Waals surface area contributed by atoms with Gasteiger partial charge in [0, 0.05) is 16.5 Å². The number of carbonyl (C=O) groups is 2. The molecule has 1 fully saturated rings. The van der Waals surface area contributed by atoms with Crippen molar-refractivity contribution in [1.29, 1.82) is 0 Å². The molecular formula is C20H26N4O2S. The Balaban J connectivity index is 1.48. The largest absolute Gasteiger partial charge is 0.350 e. The molecule has 7 heteroatoms. The van der Waals surface area contributed by atoms with E-state index >= 15 is 0 Å². The maximum Gasteiger partial charge on any atom is 0.251 e. The third-order valence-electron chi connectivity index (χ3n) is 5.05. The van der Waals surface area contributed by atoms with Crippen LogP contribution in [0.2, 0.25) is 0 Å². The van der Waals surface area contributed by atoms with Crippen LogP contribution in [0.15, 0.2) is 35.7 Å². The molecule has 4 N–H and O–H groups in total. The van der Waals surface area contributed by atoms with E-state index < -0.39 is 5.54 Å². The molecule has 6 nitrogen and oxygen atoms in total. The highest BCUT2D eigenvalue weighted by molar-refractivity contribution is 7.09. The molecule has 1 aromatic carbocycles. The van der Waals surface area contributed by atoms with Crippen LogP contribution >= 0.6 is 11.3 Å². The summed E-state index contributed by atoms with van der Waals surface area (Å²) in [6.45, 7) is 2.72. The van der Waals surface area contributed by atoms with Crippen molar-refractivity contribution in [2.75, 3.05) is 0 Å². The fraction of sp³-hybridized carbons (Fsp3) is 0.450. The van der Waals surface area contributed by atoms with Crippen LogP contribution < -0.4 is 16.4 Å². The van der Waals surface area contributed by atoms with Crippen LogP contribution in [0.4, 0.5) is 0 Å². The van der Waals surface area contributed by atoms with Gasteiger partial charge in [-0.15, -0.1) is 11.3 Å². The van der Waals surface area contributed by atoms with Crippen molar-refractivity contribution in [2.45, 2.75) is 51.2 Å². The van der Waals surface area contributed by atoms with Crippen LogP contribution in [0.1, 0.15) is 53.7 Å². The summed E-state index contributed by atoms with van der Waals surface area (Å²) in [6.07, 6.45) is 3.85. The average Bonchev–Trinajstić information content (AvgIpc) is 3.12. The van der Waals surface area contributed by atoms with E-state index in [1.54, 1.807) is 12.1 Å². The number of nitrogens with one attached hydrogen (secondary N) is 2. The van der Waals surface area contributed by atoms with E-state index in [0.29, 0.717) is 18.7 Å². The third kappa shape index (κ3) is 5.14. The third-order valence-corrected chi connectivity index (χ3v) is 5.95. The first-order chi connectivity index (χ1) is 13.0. The summed E-state index contributed by atoms with van der Waals surface area (Å²) in [5.74, 6) is -0.263. The first kappa shape index (κ1) is 19.5. The second kappa shape index (κ2) is 8.63. The minimum atomic E-state index is -0.433. The van der Waals surface area contributed by atoms with Crippen molar-refractivity contribution in [3.8, 4) is 0 Å². The molecule has 27 heavy (non-hydrogen) atoms. The lowest BCUT2D eigenvalue weighted by atomic mass is 9.74. The van der Waals surface area contributed by atoms with Gasteiger partial charge < -0.3 is 16.4 Å². The van der Waals surface area contributed by atoms with Crippen molar-refractivity contribution in [2.24, 2.45) is 11.7 Å². The van der Waals surface area contributed by atoms with E-state index in [0.717, 1.165) is 36.4 Å². The second-order valence-electron chi connectivity index (χ2n) is 7.30. The molecule has 0 bridgehead atoms. The number of rotatable bonds is 6. The molecule has 2 amide bonds. The normalized spacial score (nSPS) is 22.2. The van der Waals surface area contributed by atoms with Gasteiger partial charge in [0.05, 0.1) is 24.7 Å². The van der Waals surface area contributed by atoms with E-state index in [1.165, 1.54) is 11.3 Å². The molecule has 3 rings (SSSR count). The van der Waals surface area contributed by atoms with Gasteiger partial charge in [0.2, 0.25) is 5.91 Å². The lowest BCUT2D eigenvalue weighted by molar-refractivity contribution is -0.128. The lowest BCUT2D eigenvalue weighted by Crippen LogP contribution is -2.52. The number of aromatic nitrogens is 1. The molecule has 0 saturated heterocycles. The Hall–Kier alpha value is -2.25. The highest BCUT2D eigenvalue weighted by atomic mass is 32.1. The molecule has 1 saturated carbocycles. The van der Waals surface area contributed by atoms with Crippen LogP contribution in [0.25, 0.3) is 0 Å². The minimum absolute atomic E-state index is 0.00614. The summed E-state index contributed by atoms with van der Waals surface area (Å²) in [6, 6.07) is 9.08. The Morgan fingerprint density at radius 2 is 2.00 bits per heavy atom. The van der Waals surface area contributed by atoms with Gasteiger partial charge in [-0.05, 0) is 31.9 Å². The zero-order chi connectivity index (χ0) is 19.3. The molecule has 1 aliphatic carbocycles. The summed E-state index contributed by atoms with van der Waals surface area (Å²) >= 11 is 1.47. The number of thiazole rings is 1. The van der Waals surface area contributed by atoms with E-state index in [2.05, 4.69) is 15.6 Å². The van der Waals surface area contributed by atoms with Gasteiger partial charge >= 0.3 is 0 Å². The number of hydrogen-bond acceptors (Lipinski definition) is 5. The molecule has 2 aromatic rings. The van der Waals surface area contributed by atoms with Crippen molar-refractivity contribution in [3.05, 3.63) is 52.0 Å². The van der Waals surface area contributed by atoms with E-state index in [9.17, 15) is 9.59 Å². The highest BCUT2D eigenvalue weighted by Crippen LogP contribution is 2.31. The van der Waals surface area contributed by atoms with E-state index in [4.69, 9.17) is 5.73 Å². The fourth-order valence-corrected chi connectivity index (χ4v) is 4.18. The minimum Gasteiger partial charge on any atom is -0.350 e. The monoisotopic (exact) mass is 386 g/mol. The maximum absolute atomic E-state index is 12.5. The maximum atomic E-state index is 12.5. The smallest absolute Gasteiger partial charge is 0.251 e. The van der Waals surface area contributed by atoms with Gasteiger partial charge in [-0.2, -0.15) is 0 Å². The van der Waals surface area contributed by atoms with Crippen LogP contribution in [0.5, 0.6) is 0 Å². The zero-order valence-corrected chi connectivity index (χ0v) is 16.3. The molecular weight excluding hydrogens is 360 g/mol. The Morgan fingerprint density at radius 1 is 1.22 bits per heavy atom. The summed E-state index contributed by atoms with van der Waals surface area (Å²) in [4.78, 5) is 29.1. The van der Waals surface area contributed by atoms with Crippen LogP contribution in [-0.4, -0.2) is 22.3 Å². The molecule has 0 aliphatic heterocycles. The molecule has 1 heterocycles. The predicted molar refractivity (Wildman–Crippen MR) is 106 cm³/mol. The van der Waals surface area contributed by atoms with Gasteiger partial charge in [0.15, 0.2) is 0 Å². The van der Waals surface area contributed by atoms with Crippen molar-refractivity contribution in [1.82, 2.24) is 15.6 Å². The van der Waals surface area contributed by atoms with Gasteiger partial charge in [-0.1, -0.05) is 31.0 Å². The molecule has 0 spiro atoms. The molecule has 2 unspecified atom stereocenters. The highest BCUT2D eigenvalue weighted by Gasteiger charge is 2.37. The second-order valence-corrected chi connectivity index (χ2v) is 8.25.